The number of aromatic nitrogens is 1. The maximum Gasteiger partial charge on any atom is 0.272 e. The summed E-state index contributed by atoms with van der Waals surface area (Å²) in [7, 11) is 0. The number of fused-ring (bicyclic) bond motifs is 1. The van der Waals surface area contributed by atoms with Crippen LogP contribution >= 0.6 is 0 Å². The molecule has 0 saturated carbocycles. The maximum absolute atomic E-state index is 13.5. The Morgan fingerprint density at radius 2 is 1.93 bits per heavy atom. The molecule has 160 valence electrons. The van der Waals surface area contributed by atoms with Crippen molar-refractivity contribution in [2.45, 2.75) is 54.0 Å². The molecule has 30 heavy (non-hydrogen) atoms. The quantitative estimate of drug-likeness (QED) is 0.614. The second-order valence-corrected chi connectivity index (χ2v) is 7.20. The van der Waals surface area contributed by atoms with Crippen LogP contribution in [0.1, 0.15) is 74.3 Å². The average molecular weight is 414 g/mol. The summed E-state index contributed by atoms with van der Waals surface area (Å²) in [6, 6.07) is 8.61. The van der Waals surface area contributed by atoms with Gasteiger partial charge in [-0.1, -0.05) is 39.8 Å². The number of benzene rings is 1. The van der Waals surface area contributed by atoms with E-state index in [2.05, 4.69) is 10.3 Å². The standard InChI is InChI=1S/C22H23F2N3O.C2H6/c1-5-18(14-6-8-17-15(10-14)11-26-21(17)28)27-20(13(2)3)19-9-7-16(12-25-19)22(4,23)24;1-2/h5-10,12-13H,11H2,1-4H3,(H,26,28);1-2H3/b18-5-,27-20?;. The topological polar surface area (TPSA) is 54.4 Å². The smallest absolute Gasteiger partial charge is 0.272 e. The second kappa shape index (κ2) is 9.74. The van der Waals surface area contributed by atoms with E-state index in [1.807, 2.05) is 52.8 Å². The fourth-order valence-corrected chi connectivity index (χ4v) is 3.10. The molecular formula is C24H29F2N3O. The molecule has 0 fully saturated rings. The number of carbonyl (C=O) groups is 1. The number of rotatable bonds is 5. The first-order valence-electron chi connectivity index (χ1n) is 10.2. The number of amides is 1. The number of aliphatic imine (C=N–C) groups is 1. The summed E-state index contributed by atoms with van der Waals surface area (Å²) in [5, 5.41) is 2.81. The predicted octanol–water partition coefficient (Wildman–Crippen LogP) is 5.97. The van der Waals surface area contributed by atoms with Crippen LogP contribution in [0, 0.1) is 5.92 Å². The molecular weight excluding hydrogens is 384 g/mol. The summed E-state index contributed by atoms with van der Waals surface area (Å²) < 4.78 is 26.9. The summed E-state index contributed by atoms with van der Waals surface area (Å²) >= 11 is 0. The zero-order chi connectivity index (χ0) is 22.5. The Labute approximate surface area is 177 Å². The molecule has 1 N–H and O–H groups in total. The highest BCUT2D eigenvalue weighted by atomic mass is 19.3. The van der Waals surface area contributed by atoms with E-state index in [9.17, 15) is 13.6 Å². The normalized spacial score (nSPS) is 14.2. The van der Waals surface area contributed by atoms with Crippen LogP contribution in [-0.4, -0.2) is 16.6 Å². The van der Waals surface area contributed by atoms with Crippen molar-refractivity contribution in [3.63, 3.8) is 0 Å². The van der Waals surface area contributed by atoms with Gasteiger partial charge in [-0.3, -0.25) is 14.8 Å². The van der Waals surface area contributed by atoms with E-state index in [1.54, 1.807) is 12.1 Å². The van der Waals surface area contributed by atoms with Crippen LogP contribution in [0.3, 0.4) is 0 Å². The first-order valence-corrected chi connectivity index (χ1v) is 10.2. The minimum Gasteiger partial charge on any atom is -0.348 e. The van der Waals surface area contributed by atoms with Crippen LogP contribution in [0.25, 0.3) is 5.70 Å². The Morgan fingerprint density at radius 3 is 2.47 bits per heavy atom. The van der Waals surface area contributed by atoms with Gasteiger partial charge in [0.15, 0.2) is 0 Å². The zero-order valence-electron chi connectivity index (χ0n) is 18.4. The van der Waals surface area contributed by atoms with Gasteiger partial charge in [-0.2, -0.15) is 0 Å². The van der Waals surface area contributed by atoms with E-state index in [1.165, 1.54) is 12.3 Å². The van der Waals surface area contributed by atoms with Crippen LogP contribution in [0.15, 0.2) is 47.6 Å². The fourth-order valence-electron chi connectivity index (χ4n) is 3.10. The molecule has 4 nitrogen and oxygen atoms in total. The predicted molar refractivity (Wildman–Crippen MR) is 118 cm³/mol. The second-order valence-electron chi connectivity index (χ2n) is 7.20. The van der Waals surface area contributed by atoms with Crippen molar-refractivity contribution < 1.29 is 13.6 Å². The van der Waals surface area contributed by atoms with Gasteiger partial charge in [0.2, 0.25) is 0 Å². The first-order chi connectivity index (χ1) is 14.2. The van der Waals surface area contributed by atoms with Crippen molar-refractivity contribution in [2.24, 2.45) is 10.9 Å². The zero-order valence-corrected chi connectivity index (χ0v) is 18.4. The van der Waals surface area contributed by atoms with Gasteiger partial charge < -0.3 is 5.32 Å². The molecule has 2 aromatic rings. The third-order valence-electron chi connectivity index (χ3n) is 4.68. The van der Waals surface area contributed by atoms with Crippen LogP contribution < -0.4 is 5.32 Å². The highest BCUT2D eigenvalue weighted by Crippen LogP contribution is 2.27. The molecule has 0 atom stereocenters. The van der Waals surface area contributed by atoms with Gasteiger partial charge in [0.05, 0.1) is 17.1 Å². The summed E-state index contributed by atoms with van der Waals surface area (Å²) in [6.45, 7) is 11.2. The van der Waals surface area contributed by atoms with E-state index in [0.29, 0.717) is 23.5 Å². The summed E-state index contributed by atoms with van der Waals surface area (Å²) in [5.41, 5.74) is 4.43. The minimum atomic E-state index is -2.93. The van der Waals surface area contributed by atoms with E-state index in [4.69, 9.17) is 4.99 Å². The van der Waals surface area contributed by atoms with Crippen molar-refractivity contribution >= 4 is 17.3 Å². The number of allylic oxidation sites excluding steroid dienone is 1. The van der Waals surface area contributed by atoms with Crippen molar-refractivity contribution in [1.82, 2.24) is 10.3 Å². The lowest BCUT2D eigenvalue weighted by Crippen LogP contribution is -2.14. The molecule has 0 spiro atoms. The molecule has 0 unspecified atom stereocenters. The highest BCUT2D eigenvalue weighted by molar-refractivity contribution is 6.03. The van der Waals surface area contributed by atoms with Crippen molar-refractivity contribution in [2.75, 3.05) is 0 Å². The summed E-state index contributed by atoms with van der Waals surface area (Å²) in [4.78, 5) is 20.8. The van der Waals surface area contributed by atoms with Crippen LogP contribution in [0.5, 0.6) is 0 Å². The lowest BCUT2D eigenvalue weighted by molar-refractivity contribution is 0.0171. The average Bonchev–Trinajstić information content (AvgIpc) is 3.10. The molecule has 0 saturated heterocycles. The van der Waals surface area contributed by atoms with Crippen LogP contribution in [0.4, 0.5) is 8.78 Å². The lowest BCUT2D eigenvalue weighted by Gasteiger charge is -2.14. The third-order valence-corrected chi connectivity index (χ3v) is 4.68. The number of alkyl halides is 2. The number of hydrogen-bond donors (Lipinski definition) is 1. The lowest BCUT2D eigenvalue weighted by atomic mass is 10.0. The molecule has 1 aromatic carbocycles. The molecule has 2 heterocycles. The Bertz CT molecular complexity index is 955. The van der Waals surface area contributed by atoms with Crippen molar-refractivity contribution in [3.8, 4) is 0 Å². The third kappa shape index (κ3) is 5.17. The summed E-state index contributed by atoms with van der Waals surface area (Å²) in [6.07, 6.45) is 3.10. The number of hydrogen-bond acceptors (Lipinski definition) is 3. The monoisotopic (exact) mass is 413 g/mol. The molecule has 0 aliphatic carbocycles. The SMILES string of the molecule is C/C=C(\N=C(c1ccc(C(C)(F)F)cn1)C(C)C)c1ccc2c(c1)CNC2=O.CC. The number of nitrogens with zero attached hydrogens (tertiary/aromatic N) is 2. The molecule has 0 radical (unpaired) electrons. The first kappa shape index (κ1) is 23.4. The molecule has 1 aliphatic heterocycles. The summed E-state index contributed by atoms with van der Waals surface area (Å²) in [5.74, 6) is -2.94. The van der Waals surface area contributed by atoms with Gasteiger partial charge in [0, 0.05) is 36.4 Å². The van der Waals surface area contributed by atoms with E-state index >= 15 is 0 Å². The van der Waals surface area contributed by atoms with Gasteiger partial charge in [0.1, 0.15) is 0 Å². The Balaban J connectivity index is 0.00000155. The van der Waals surface area contributed by atoms with Crippen LogP contribution in [-0.2, 0) is 12.5 Å². The molecule has 0 bridgehead atoms. The molecule has 1 amide bonds. The van der Waals surface area contributed by atoms with Crippen molar-refractivity contribution in [3.05, 3.63) is 70.6 Å². The van der Waals surface area contributed by atoms with E-state index in [0.717, 1.165) is 23.7 Å². The maximum atomic E-state index is 13.5. The largest absolute Gasteiger partial charge is 0.348 e. The van der Waals surface area contributed by atoms with E-state index < -0.39 is 5.92 Å². The Hall–Kier alpha value is -2.89. The molecule has 3 rings (SSSR count). The molecule has 1 aliphatic rings. The number of carbonyl (C=O) groups excluding carboxylic acids is 1. The molecule has 1 aromatic heterocycles. The minimum absolute atomic E-state index is 0.0492. The van der Waals surface area contributed by atoms with Gasteiger partial charge in [-0.25, -0.2) is 8.78 Å². The van der Waals surface area contributed by atoms with Gasteiger partial charge in [-0.15, -0.1) is 0 Å². The Morgan fingerprint density at radius 1 is 1.23 bits per heavy atom. The van der Waals surface area contributed by atoms with Gasteiger partial charge >= 0.3 is 0 Å². The van der Waals surface area contributed by atoms with Crippen LogP contribution in [0.2, 0.25) is 0 Å². The number of halogens is 2. The van der Waals surface area contributed by atoms with Gasteiger partial charge in [-0.05, 0) is 42.7 Å². The van der Waals surface area contributed by atoms with E-state index in [-0.39, 0.29) is 17.4 Å². The van der Waals surface area contributed by atoms with Crippen molar-refractivity contribution in [1.29, 1.82) is 0 Å². The molecule has 6 heteroatoms. The van der Waals surface area contributed by atoms with Gasteiger partial charge in [0.25, 0.3) is 11.8 Å². The highest BCUT2D eigenvalue weighted by Gasteiger charge is 2.25. The Kier molecular flexibility index (Phi) is 7.59. The number of nitrogens with one attached hydrogen (secondary N) is 1. The number of pyridine rings is 1. The fraction of sp³-hybridized carbons (Fsp3) is 0.375.